The van der Waals surface area contributed by atoms with E-state index in [9.17, 15) is 31.9 Å². The summed E-state index contributed by atoms with van der Waals surface area (Å²) < 4.78 is 58.9. The third-order valence-corrected chi connectivity index (χ3v) is 9.63. The Morgan fingerprint density at radius 1 is 0.849 bits per heavy atom. The van der Waals surface area contributed by atoms with E-state index < -0.39 is 27.5 Å². The zero-order chi connectivity index (χ0) is 36.9. The smallest absolute Gasteiger partial charge is 0.740 e. The van der Waals surface area contributed by atoms with E-state index in [0.717, 1.165) is 5.56 Å². The molecular weight excluding hydrogens is 740 g/mol. The third-order valence-electron chi connectivity index (χ3n) is 8.17. The molecule has 1 unspecified atom stereocenters. The van der Waals surface area contributed by atoms with E-state index in [1.165, 1.54) is 34.9 Å². The number of nitrogens with zero attached hydrogens (tertiary/aromatic N) is 4. The summed E-state index contributed by atoms with van der Waals surface area (Å²) in [6.07, 6.45) is 0. The number of pyridine rings is 1. The van der Waals surface area contributed by atoms with Gasteiger partial charge in [-0.25, -0.2) is 4.21 Å². The summed E-state index contributed by atoms with van der Waals surface area (Å²) in [5, 5.41) is 19.5. The molecule has 0 aliphatic heterocycles. The van der Waals surface area contributed by atoms with Crippen LogP contribution in [0.4, 0.5) is 34.6 Å². The quantitative estimate of drug-likeness (QED) is 0.0738. The normalized spacial score (nSPS) is 12.4. The van der Waals surface area contributed by atoms with Crippen LogP contribution in [0.5, 0.6) is 11.8 Å². The molecule has 53 heavy (non-hydrogen) atoms. The number of carbonyl (C=O) groups is 1. The number of nitrogens with two attached hydrogens (primary N) is 1. The van der Waals surface area contributed by atoms with Gasteiger partial charge in [0.15, 0.2) is 11.5 Å². The average molecular weight is 765 g/mol. The number of hydrogen-bond acceptors (Lipinski definition) is 16. The molecule has 6 aromatic rings. The second-order valence-electron chi connectivity index (χ2n) is 11.4. The van der Waals surface area contributed by atoms with Crippen molar-refractivity contribution in [2.75, 3.05) is 16.0 Å². The Balaban J connectivity index is 0.00000481. The molecular formula is C33H25N8NaO9S2. The molecule has 4 aromatic carbocycles. The van der Waals surface area contributed by atoms with Crippen molar-refractivity contribution in [3.63, 3.8) is 0 Å². The van der Waals surface area contributed by atoms with E-state index in [1.807, 2.05) is 0 Å². The fourth-order valence-corrected chi connectivity index (χ4v) is 6.90. The molecule has 0 saturated carbocycles. The molecule has 0 radical (unpaired) electrons. The Morgan fingerprint density at radius 3 is 2.28 bits per heavy atom. The first kappa shape index (κ1) is 37.5. The molecule has 1 atom stereocenters. The minimum Gasteiger partial charge on any atom is -0.740 e. The van der Waals surface area contributed by atoms with Crippen molar-refractivity contribution in [3.05, 3.63) is 106 Å². The van der Waals surface area contributed by atoms with Crippen molar-refractivity contribution in [2.45, 2.75) is 11.8 Å². The maximum absolute atomic E-state index is 14.0. The van der Waals surface area contributed by atoms with Crippen LogP contribution < -0.4 is 61.1 Å². The van der Waals surface area contributed by atoms with E-state index >= 15 is 0 Å². The minimum absolute atomic E-state index is 0. The number of aromatic hydroxyl groups is 1. The molecule has 6 N–H and O–H groups in total. The summed E-state index contributed by atoms with van der Waals surface area (Å²) in [7, 11) is -2.94. The molecule has 17 nitrogen and oxygen atoms in total. The molecule has 0 amide bonds. The predicted octanol–water partition coefficient (Wildman–Crippen LogP) is 0.936. The van der Waals surface area contributed by atoms with Crippen molar-refractivity contribution < 1.29 is 65.1 Å². The van der Waals surface area contributed by atoms with E-state index in [1.54, 1.807) is 62.5 Å². The van der Waals surface area contributed by atoms with Crippen LogP contribution in [-0.2, 0) is 32.8 Å². The van der Waals surface area contributed by atoms with Crippen LogP contribution in [0.15, 0.2) is 88.6 Å². The fourth-order valence-electron chi connectivity index (χ4n) is 5.89. The molecule has 2 heterocycles. The second kappa shape index (κ2) is 14.6. The summed E-state index contributed by atoms with van der Waals surface area (Å²) in [6, 6.07) is 19.3. The first-order valence-electron chi connectivity index (χ1n) is 15.1. The van der Waals surface area contributed by atoms with Crippen molar-refractivity contribution in [1.82, 2.24) is 19.5 Å². The summed E-state index contributed by atoms with van der Waals surface area (Å²) >= 11 is -2.88. The summed E-state index contributed by atoms with van der Waals surface area (Å²) in [5.41, 5.74) is 3.17. The Hall–Kier alpha value is -5.25. The zero-order valence-electron chi connectivity index (χ0n) is 27.9. The van der Waals surface area contributed by atoms with Gasteiger partial charge in [0.2, 0.25) is 11.9 Å². The standard InChI is InChI=1S/C33H26N8O9S2.Na/c1-16-7-11-25(49-51(45)46)22(13-16)37-32-38-31(39-33(44)40-32)35-17-8-12-26(52(47,48)50-34)23(14-17)36-21-9-10-24-28-20(15-27(42)41(24)2)18-5-3-4-6-19(18)30(43)29(21)28;/h3-15,36H,34H2,1-2H3,(H,45,46)(H3,35,37,38,39,40,44);/q;+1/p-1. The van der Waals surface area contributed by atoms with Gasteiger partial charge in [0.25, 0.3) is 5.56 Å². The van der Waals surface area contributed by atoms with E-state index in [0.29, 0.717) is 27.6 Å². The van der Waals surface area contributed by atoms with Crippen molar-refractivity contribution >= 4 is 72.8 Å². The van der Waals surface area contributed by atoms with E-state index in [2.05, 4.69) is 35.2 Å². The largest absolute Gasteiger partial charge is 1.00 e. The molecule has 1 aliphatic rings. The number of anilines is 6. The Labute approximate surface area is 325 Å². The number of carbonyl (C=O) groups excluding carboxylic acids is 1. The first-order chi connectivity index (χ1) is 24.8. The van der Waals surface area contributed by atoms with Crippen molar-refractivity contribution in [3.8, 4) is 22.9 Å². The maximum atomic E-state index is 14.0. The van der Waals surface area contributed by atoms with Crippen LogP contribution in [0.1, 0.15) is 21.5 Å². The van der Waals surface area contributed by atoms with Crippen LogP contribution in [-0.4, -0.2) is 47.6 Å². The van der Waals surface area contributed by atoms with Crippen molar-refractivity contribution in [1.29, 1.82) is 0 Å². The van der Waals surface area contributed by atoms with Gasteiger partial charge in [-0.15, -0.1) is 0 Å². The SMILES string of the molecule is Cc1ccc(OS(=O)[O-])c(Nc2nc(O)nc(Nc3ccc(S(=O)(=O)ON)c(Nc4ccc5c6c(cc(=O)n5C)-c5ccccc5C(=O)c46)c3)n2)c1.[Na+]. The van der Waals surface area contributed by atoms with Crippen molar-refractivity contribution in [2.24, 2.45) is 12.9 Å². The van der Waals surface area contributed by atoms with Gasteiger partial charge in [0.1, 0.15) is 16.3 Å². The summed E-state index contributed by atoms with van der Waals surface area (Å²) in [4.78, 5) is 38.5. The topological polar surface area (TPSA) is 253 Å². The molecule has 0 bridgehead atoms. The number of benzene rings is 4. The molecule has 0 fully saturated rings. The first-order valence-corrected chi connectivity index (χ1v) is 17.5. The van der Waals surface area contributed by atoms with Crippen LogP contribution in [0.3, 0.4) is 0 Å². The zero-order valence-corrected chi connectivity index (χ0v) is 31.5. The Kier molecular flexibility index (Phi) is 10.4. The number of aryl methyl sites for hydroxylation is 2. The third kappa shape index (κ3) is 7.24. The number of ketones is 1. The van der Waals surface area contributed by atoms with Gasteiger partial charge in [0, 0.05) is 29.8 Å². The van der Waals surface area contributed by atoms with Crippen LogP contribution in [0, 0.1) is 6.92 Å². The predicted molar refractivity (Wildman–Crippen MR) is 189 cm³/mol. The van der Waals surface area contributed by atoms with E-state index in [4.69, 9.17) is 10.1 Å². The molecule has 0 saturated heterocycles. The molecule has 20 heteroatoms. The van der Waals surface area contributed by atoms with E-state index in [-0.39, 0.29) is 91.8 Å². The van der Waals surface area contributed by atoms with Gasteiger partial charge in [-0.3, -0.25) is 9.59 Å². The van der Waals surface area contributed by atoms with Gasteiger partial charge >= 0.3 is 45.7 Å². The van der Waals surface area contributed by atoms with Gasteiger partial charge < -0.3 is 34.4 Å². The van der Waals surface area contributed by atoms with Crippen LogP contribution in [0.2, 0.25) is 0 Å². The number of rotatable bonds is 10. The molecule has 0 spiro atoms. The minimum atomic E-state index is -4.52. The number of nitrogens with one attached hydrogen (secondary N) is 3. The maximum Gasteiger partial charge on any atom is 1.00 e. The summed E-state index contributed by atoms with van der Waals surface area (Å²) in [6.45, 7) is 1.76. The van der Waals surface area contributed by atoms with Gasteiger partial charge in [-0.05, 0) is 66.1 Å². The fraction of sp³-hybridized carbons (Fsp3) is 0.0606. The van der Waals surface area contributed by atoms with Gasteiger partial charge in [-0.2, -0.15) is 33.6 Å². The average Bonchev–Trinajstić information content (AvgIpc) is 3.10. The van der Waals surface area contributed by atoms with Crippen LogP contribution in [0.25, 0.3) is 22.0 Å². The van der Waals surface area contributed by atoms with Crippen LogP contribution >= 0.6 is 0 Å². The number of hydrogen-bond donors (Lipinski definition) is 5. The summed E-state index contributed by atoms with van der Waals surface area (Å²) in [5.74, 6) is 4.33. The Bertz CT molecular complexity index is 2680. The molecule has 264 valence electrons. The second-order valence-corrected chi connectivity index (χ2v) is 13.5. The van der Waals surface area contributed by atoms with Gasteiger partial charge in [-0.1, -0.05) is 30.3 Å². The Morgan fingerprint density at radius 2 is 1.57 bits per heavy atom. The number of fused-ring (bicyclic) bond motifs is 2. The molecule has 2 aromatic heterocycles. The molecule has 1 aliphatic carbocycles. The number of aromatic nitrogens is 4. The van der Waals surface area contributed by atoms with Gasteiger partial charge in [0.05, 0.1) is 28.1 Å². The monoisotopic (exact) mass is 764 g/mol. The molecule has 7 rings (SSSR count).